The fraction of sp³-hybridized carbons (Fsp3) is 0.405. The highest BCUT2D eigenvalue weighted by atomic mass is 16.5. The number of aryl methyl sites for hydroxylation is 3. The van der Waals surface area contributed by atoms with E-state index in [1.165, 1.54) is 0 Å². The SMILES string of the molecule is CCc1cccc2c1c(O)c(C(=O)NCCOCCOCCOCCN(Cc1nccn1C)Cc1nccn1C)c(=O)n2Cc1ccccc1. The summed E-state index contributed by atoms with van der Waals surface area (Å²) >= 11 is 0. The van der Waals surface area contributed by atoms with Crippen LogP contribution in [0.4, 0.5) is 0 Å². The van der Waals surface area contributed by atoms with Gasteiger partial charge in [-0.25, -0.2) is 9.97 Å². The summed E-state index contributed by atoms with van der Waals surface area (Å²) in [6, 6.07) is 15.1. The van der Waals surface area contributed by atoms with Gasteiger partial charge in [0, 0.05) is 57.4 Å². The summed E-state index contributed by atoms with van der Waals surface area (Å²) in [5.41, 5.74) is 1.54. The van der Waals surface area contributed by atoms with E-state index in [1.807, 2.05) is 85.0 Å². The lowest BCUT2D eigenvalue weighted by Gasteiger charge is -2.21. The standard InChI is InChI=1S/C37H47N7O6/c1-4-29-11-8-12-30-33(29)35(45)34(37(47)44(30)25-28-9-6-5-7-10-28)36(46)40-15-19-48-21-23-50-24-22-49-20-18-43(26-31-38-13-16-41(31)2)27-32-39-14-17-42(32)3/h5-14,16-17,45H,4,15,18-27H2,1-3H3,(H,40,46). The molecule has 0 spiro atoms. The molecule has 1 amide bonds. The number of ether oxygens (including phenoxy) is 3. The third kappa shape index (κ3) is 9.45. The van der Waals surface area contributed by atoms with Crippen molar-refractivity contribution < 1.29 is 24.1 Å². The second-order valence-electron chi connectivity index (χ2n) is 12.0. The molecule has 3 heterocycles. The number of pyridine rings is 1. The maximum atomic E-state index is 13.6. The third-order valence-corrected chi connectivity index (χ3v) is 8.54. The minimum atomic E-state index is -0.641. The summed E-state index contributed by atoms with van der Waals surface area (Å²) in [5.74, 6) is 1.01. The number of nitrogens with one attached hydrogen (secondary N) is 1. The molecular weight excluding hydrogens is 638 g/mol. The number of aromatic nitrogens is 5. The Labute approximate surface area is 292 Å². The van der Waals surface area contributed by atoms with Gasteiger partial charge in [-0.3, -0.25) is 14.5 Å². The van der Waals surface area contributed by atoms with E-state index in [0.717, 1.165) is 22.8 Å². The van der Waals surface area contributed by atoms with Crippen molar-refractivity contribution in [3.63, 3.8) is 0 Å². The molecule has 0 aliphatic carbocycles. The van der Waals surface area contributed by atoms with Crippen LogP contribution in [0, 0.1) is 0 Å². The highest BCUT2D eigenvalue weighted by Gasteiger charge is 2.23. The van der Waals surface area contributed by atoms with E-state index in [4.69, 9.17) is 14.2 Å². The Morgan fingerprint density at radius 2 is 1.46 bits per heavy atom. The average Bonchev–Trinajstić information content (AvgIpc) is 3.73. The fourth-order valence-corrected chi connectivity index (χ4v) is 5.75. The van der Waals surface area contributed by atoms with Crippen LogP contribution in [0.25, 0.3) is 10.9 Å². The lowest BCUT2D eigenvalue weighted by atomic mass is 10.0. The Hall–Kier alpha value is -4.82. The number of carbonyl (C=O) groups excluding carboxylic acids is 1. The van der Waals surface area contributed by atoms with Crippen LogP contribution in [0.5, 0.6) is 5.75 Å². The monoisotopic (exact) mass is 685 g/mol. The quantitative estimate of drug-likeness (QED) is 0.118. The van der Waals surface area contributed by atoms with Gasteiger partial charge in [0.2, 0.25) is 0 Å². The number of hydrogen-bond donors (Lipinski definition) is 2. The number of imidazole rings is 2. The molecule has 3 aromatic heterocycles. The molecule has 0 aliphatic heterocycles. The van der Waals surface area contributed by atoms with Gasteiger partial charge in [-0.2, -0.15) is 0 Å². The smallest absolute Gasteiger partial charge is 0.268 e. The Balaban J connectivity index is 1.02. The predicted molar refractivity (Wildman–Crippen MR) is 190 cm³/mol. The van der Waals surface area contributed by atoms with Crippen molar-refractivity contribution in [2.75, 3.05) is 52.7 Å². The topological polar surface area (TPSA) is 138 Å². The largest absolute Gasteiger partial charge is 0.506 e. The van der Waals surface area contributed by atoms with E-state index in [2.05, 4.69) is 20.2 Å². The summed E-state index contributed by atoms with van der Waals surface area (Å²) in [5, 5.41) is 14.4. The van der Waals surface area contributed by atoms with Crippen LogP contribution < -0.4 is 10.9 Å². The van der Waals surface area contributed by atoms with Crippen LogP contribution >= 0.6 is 0 Å². The van der Waals surface area contributed by atoms with Crippen molar-refractivity contribution in [2.45, 2.75) is 33.0 Å². The summed E-state index contributed by atoms with van der Waals surface area (Å²) in [7, 11) is 3.97. The van der Waals surface area contributed by atoms with Gasteiger partial charge in [-0.05, 0) is 23.6 Å². The zero-order chi connectivity index (χ0) is 35.3. The van der Waals surface area contributed by atoms with Crippen molar-refractivity contribution in [1.29, 1.82) is 0 Å². The van der Waals surface area contributed by atoms with Crippen molar-refractivity contribution in [3.8, 4) is 5.75 Å². The second kappa shape index (κ2) is 18.3. The molecule has 0 radical (unpaired) electrons. The molecule has 0 saturated carbocycles. The van der Waals surface area contributed by atoms with Crippen molar-refractivity contribution in [3.05, 3.63) is 112 Å². The van der Waals surface area contributed by atoms with Crippen LogP contribution in [0.2, 0.25) is 0 Å². The number of nitrogens with zero attached hydrogens (tertiary/aromatic N) is 6. The molecule has 266 valence electrons. The first-order valence-electron chi connectivity index (χ1n) is 16.9. The molecule has 2 aromatic carbocycles. The van der Waals surface area contributed by atoms with E-state index in [0.29, 0.717) is 70.0 Å². The molecule has 5 rings (SSSR count). The Morgan fingerprint density at radius 3 is 2.06 bits per heavy atom. The van der Waals surface area contributed by atoms with Crippen molar-refractivity contribution in [1.82, 2.24) is 33.9 Å². The molecule has 13 nitrogen and oxygen atoms in total. The van der Waals surface area contributed by atoms with Crippen LogP contribution in [0.3, 0.4) is 0 Å². The van der Waals surface area contributed by atoms with E-state index in [-0.39, 0.29) is 31.0 Å². The molecule has 2 N–H and O–H groups in total. The van der Waals surface area contributed by atoms with Gasteiger partial charge < -0.3 is 38.3 Å². The normalized spacial score (nSPS) is 11.5. The van der Waals surface area contributed by atoms with E-state index in [9.17, 15) is 14.7 Å². The molecule has 5 aromatic rings. The first kappa shape index (κ1) is 36.5. The Bertz CT molecular complexity index is 1840. The third-order valence-electron chi connectivity index (χ3n) is 8.54. The fourth-order valence-electron chi connectivity index (χ4n) is 5.75. The van der Waals surface area contributed by atoms with Crippen LogP contribution in [0.15, 0.2) is 78.1 Å². The van der Waals surface area contributed by atoms with Gasteiger partial charge in [0.15, 0.2) is 0 Å². The number of hydrogen-bond acceptors (Lipinski definition) is 9. The molecule has 0 aliphatic rings. The molecule has 0 fully saturated rings. The average molecular weight is 686 g/mol. The number of fused-ring (bicyclic) bond motifs is 1. The molecule has 50 heavy (non-hydrogen) atoms. The molecular formula is C37H47N7O6. The number of aromatic hydroxyl groups is 1. The summed E-state index contributed by atoms with van der Waals surface area (Å²) in [6.07, 6.45) is 8.10. The van der Waals surface area contributed by atoms with Crippen LogP contribution in [-0.2, 0) is 54.4 Å². The summed E-state index contributed by atoms with van der Waals surface area (Å²) in [4.78, 5) is 38.0. The predicted octanol–water partition coefficient (Wildman–Crippen LogP) is 3.27. The van der Waals surface area contributed by atoms with E-state index in [1.54, 1.807) is 23.0 Å². The van der Waals surface area contributed by atoms with Crippen LogP contribution in [-0.4, -0.2) is 92.3 Å². The summed E-state index contributed by atoms with van der Waals surface area (Å²) in [6.45, 7) is 6.84. The molecule has 0 unspecified atom stereocenters. The second-order valence-corrected chi connectivity index (χ2v) is 12.0. The van der Waals surface area contributed by atoms with Gasteiger partial charge in [-0.15, -0.1) is 0 Å². The number of amides is 1. The van der Waals surface area contributed by atoms with E-state index < -0.39 is 11.5 Å². The van der Waals surface area contributed by atoms with Gasteiger partial charge in [0.25, 0.3) is 11.5 Å². The van der Waals surface area contributed by atoms with Crippen molar-refractivity contribution in [2.24, 2.45) is 14.1 Å². The van der Waals surface area contributed by atoms with E-state index >= 15 is 0 Å². The van der Waals surface area contributed by atoms with Gasteiger partial charge in [-0.1, -0.05) is 49.4 Å². The summed E-state index contributed by atoms with van der Waals surface area (Å²) < 4.78 is 22.7. The van der Waals surface area contributed by atoms with Gasteiger partial charge >= 0.3 is 0 Å². The van der Waals surface area contributed by atoms with Crippen LogP contribution in [0.1, 0.15) is 40.1 Å². The van der Waals surface area contributed by atoms with Crippen molar-refractivity contribution >= 4 is 16.8 Å². The lowest BCUT2D eigenvalue weighted by Crippen LogP contribution is -2.35. The Kier molecular flexibility index (Phi) is 13.3. The first-order chi connectivity index (χ1) is 24.4. The highest BCUT2D eigenvalue weighted by molar-refractivity contribution is 6.03. The van der Waals surface area contributed by atoms with Gasteiger partial charge in [0.05, 0.1) is 64.8 Å². The number of rotatable bonds is 20. The molecule has 0 atom stereocenters. The maximum absolute atomic E-state index is 13.6. The molecule has 13 heteroatoms. The number of benzene rings is 2. The zero-order valence-corrected chi connectivity index (χ0v) is 29.1. The minimum absolute atomic E-state index is 0.167. The zero-order valence-electron chi connectivity index (χ0n) is 29.1. The highest BCUT2D eigenvalue weighted by Crippen LogP contribution is 2.30. The van der Waals surface area contributed by atoms with Gasteiger partial charge in [0.1, 0.15) is 23.0 Å². The first-order valence-corrected chi connectivity index (χ1v) is 16.9. The maximum Gasteiger partial charge on any atom is 0.268 e. The molecule has 0 saturated heterocycles. The lowest BCUT2D eigenvalue weighted by molar-refractivity contribution is 0.00999. The molecule has 0 bridgehead atoms. The number of carbonyl (C=O) groups is 1. The Morgan fingerprint density at radius 1 is 0.840 bits per heavy atom. The minimum Gasteiger partial charge on any atom is -0.506 e.